The number of rotatable bonds is 1. The van der Waals surface area contributed by atoms with Gasteiger partial charge in [0.2, 0.25) is 0 Å². The van der Waals surface area contributed by atoms with E-state index >= 15 is 0 Å². The van der Waals surface area contributed by atoms with Crippen molar-refractivity contribution in [1.29, 1.82) is 0 Å². The van der Waals surface area contributed by atoms with Crippen molar-refractivity contribution >= 4 is 31.9 Å². The van der Waals surface area contributed by atoms with E-state index in [0.29, 0.717) is 12.0 Å². The molecule has 1 nitrogen and oxygen atoms in total. The number of halogens is 2. The highest BCUT2D eigenvalue weighted by Crippen LogP contribution is 2.67. The molecule has 2 rings (SSSR count). The van der Waals surface area contributed by atoms with E-state index in [1.54, 1.807) is 0 Å². The van der Waals surface area contributed by atoms with Crippen LogP contribution in [0, 0.1) is 11.8 Å². The Morgan fingerprint density at radius 1 is 1.36 bits per heavy atom. The number of hydrogen-bond donors (Lipinski definition) is 0. The van der Waals surface area contributed by atoms with Crippen LogP contribution in [0.15, 0.2) is 0 Å². The third-order valence-electron chi connectivity index (χ3n) is 2.97. The van der Waals surface area contributed by atoms with E-state index in [0.717, 1.165) is 5.92 Å². The minimum atomic E-state index is 0.219. The first-order chi connectivity index (χ1) is 5.18. The summed E-state index contributed by atoms with van der Waals surface area (Å²) in [6, 6.07) is 0. The first-order valence-corrected chi connectivity index (χ1v) is 5.67. The van der Waals surface area contributed by atoms with E-state index < -0.39 is 0 Å². The molecule has 11 heavy (non-hydrogen) atoms. The molecule has 3 atom stereocenters. The smallest absolute Gasteiger partial charge is 0.0894 e. The lowest BCUT2D eigenvalue weighted by Gasteiger charge is -2.18. The van der Waals surface area contributed by atoms with Gasteiger partial charge in [0.05, 0.1) is 9.34 Å². The lowest BCUT2D eigenvalue weighted by molar-refractivity contribution is 0.0590. The van der Waals surface area contributed by atoms with Crippen molar-refractivity contribution in [3.8, 4) is 0 Å². The van der Waals surface area contributed by atoms with E-state index in [1.807, 2.05) is 7.11 Å². The van der Waals surface area contributed by atoms with E-state index in [4.69, 9.17) is 4.74 Å². The van der Waals surface area contributed by atoms with Crippen molar-refractivity contribution < 1.29 is 4.74 Å². The average molecular weight is 284 g/mol. The second-order valence-electron chi connectivity index (χ2n) is 3.51. The van der Waals surface area contributed by atoms with Crippen molar-refractivity contribution in [3.63, 3.8) is 0 Å². The summed E-state index contributed by atoms with van der Waals surface area (Å²) in [5, 5.41) is 0. The summed E-state index contributed by atoms with van der Waals surface area (Å²) in [4.78, 5) is 0. The first kappa shape index (κ1) is 8.52. The third kappa shape index (κ3) is 1.20. The van der Waals surface area contributed by atoms with Gasteiger partial charge in [0.15, 0.2) is 0 Å². The Kier molecular flexibility index (Phi) is 2.10. The van der Waals surface area contributed by atoms with Gasteiger partial charge in [-0.15, -0.1) is 0 Å². The molecule has 0 amide bonds. The zero-order valence-electron chi connectivity index (χ0n) is 6.52. The average Bonchev–Trinajstić information content (AvgIpc) is 2.56. The molecule has 2 fully saturated rings. The van der Waals surface area contributed by atoms with Crippen LogP contribution in [0.2, 0.25) is 0 Å². The van der Waals surface area contributed by atoms with Crippen molar-refractivity contribution in [2.24, 2.45) is 11.8 Å². The van der Waals surface area contributed by atoms with Gasteiger partial charge in [0.25, 0.3) is 0 Å². The molecular weight excluding hydrogens is 272 g/mol. The molecule has 2 aliphatic carbocycles. The fraction of sp³-hybridized carbons (Fsp3) is 1.00. The largest absolute Gasteiger partial charge is 0.381 e. The molecule has 2 aliphatic rings. The summed E-state index contributed by atoms with van der Waals surface area (Å²) in [5.74, 6) is 1.52. The van der Waals surface area contributed by atoms with Gasteiger partial charge in [-0.2, -0.15) is 0 Å². The number of methoxy groups -OCH3 is 1. The molecule has 0 aromatic heterocycles. The van der Waals surface area contributed by atoms with Gasteiger partial charge in [-0.05, 0) is 18.8 Å². The molecule has 0 spiro atoms. The summed E-state index contributed by atoms with van der Waals surface area (Å²) in [6.45, 7) is 0. The zero-order chi connectivity index (χ0) is 8.06. The number of hydrogen-bond acceptors (Lipinski definition) is 1. The standard InChI is InChI=1S/C8H12Br2O/c1-11-6-4-2-3-5-7(6)8(5,9)10/h5-7H,2-4H2,1H3/t5-,6-,7+/m1/s1. The van der Waals surface area contributed by atoms with Crippen molar-refractivity contribution in [2.75, 3.05) is 7.11 Å². The van der Waals surface area contributed by atoms with Crippen LogP contribution in [0.25, 0.3) is 0 Å². The predicted molar refractivity (Wildman–Crippen MR) is 52.2 cm³/mol. The fourth-order valence-electron chi connectivity index (χ4n) is 2.28. The molecule has 64 valence electrons. The quantitative estimate of drug-likeness (QED) is 0.673. The van der Waals surface area contributed by atoms with Crippen molar-refractivity contribution in [2.45, 2.75) is 28.6 Å². The van der Waals surface area contributed by atoms with Crippen LogP contribution in [0.3, 0.4) is 0 Å². The lowest BCUT2D eigenvalue weighted by Crippen LogP contribution is -2.18. The van der Waals surface area contributed by atoms with Gasteiger partial charge in [0, 0.05) is 13.0 Å². The number of ether oxygens (including phenoxy) is 1. The lowest BCUT2D eigenvalue weighted by atomic mass is 9.98. The third-order valence-corrected chi connectivity index (χ3v) is 5.20. The summed E-state index contributed by atoms with van der Waals surface area (Å²) in [7, 11) is 1.82. The second kappa shape index (κ2) is 2.71. The minimum absolute atomic E-state index is 0.219. The number of alkyl halides is 2. The molecular formula is C8H12Br2O. The maximum Gasteiger partial charge on any atom is 0.0894 e. The van der Waals surface area contributed by atoms with Crippen LogP contribution in [0.1, 0.15) is 19.3 Å². The van der Waals surface area contributed by atoms with Crippen LogP contribution < -0.4 is 0 Å². The normalized spacial score (nSPS) is 46.6. The highest BCUT2D eigenvalue weighted by atomic mass is 79.9. The summed E-state index contributed by atoms with van der Waals surface area (Å²) in [5.41, 5.74) is 0. The van der Waals surface area contributed by atoms with E-state index in [9.17, 15) is 0 Å². The maximum absolute atomic E-state index is 5.42. The molecule has 0 aromatic rings. The SMILES string of the molecule is CO[C@@H]1CCC[C@@H]2[C@@H]1C2(Br)Br. The Morgan fingerprint density at radius 2 is 2.09 bits per heavy atom. The van der Waals surface area contributed by atoms with Crippen LogP contribution in [0.5, 0.6) is 0 Å². The van der Waals surface area contributed by atoms with Gasteiger partial charge in [0.1, 0.15) is 0 Å². The van der Waals surface area contributed by atoms with E-state index in [1.165, 1.54) is 19.3 Å². The first-order valence-electron chi connectivity index (χ1n) is 4.08. The topological polar surface area (TPSA) is 9.23 Å². The Hall–Kier alpha value is 0.920. The maximum atomic E-state index is 5.42. The zero-order valence-corrected chi connectivity index (χ0v) is 9.69. The van der Waals surface area contributed by atoms with Gasteiger partial charge < -0.3 is 4.74 Å². The molecule has 0 heterocycles. The molecule has 3 heteroatoms. The van der Waals surface area contributed by atoms with E-state index in [-0.39, 0.29) is 3.23 Å². The molecule has 0 bridgehead atoms. The molecule has 0 aliphatic heterocycles. The molecule has 0 radical (unpaired) electrons. The van der Waals surface area contributed by atoms with Crippen molar-refractivity contribution in [3.05, 3.63) is 0 Å². The fourth-order valence-corrected chi connectivity index (χ4v) is 4.27. The molecule has 0 N–H and O–H groups in total. The summed E-state index contributed by atoms with van der Waals surface area (Å²) < 4.78 is 5.64. The Morgan fingerprint density at radius 3 is 2.64 bits per heavy atom. The molecule has 0 unspecified atom stereocenters. The highest BCUT2D eigenvalue weighted by Gasteiger charge is 2.65. The highest BCUT2D eigenvalue weighted by molar-refractivity contribution is 9.25. The van der Waals surface area contributed by atoms with Gasteiger partial charge in [-0.25, -0.2) is 0 Å². The second-order valence-corrected chi connectivity index (χ2v) is 7.20. The van der Waals surface area contributed by atoms with E-state index in [2.05, 4.69) is 31.9 Å². The van der Waals surface area contributed by atoms with Crippen LogP contribution in [-0.2, 0) is 4.74 Å². The van der Waals surface area contributed by atoms with Crippen LogP contribution in [-0.4, -0.2) is 16.4 Å². The van der Waals surface area contributed by atoms with Gasteiger partial charge in [-0.3, -0.25) is 0 Å². The summed E-state index contributed by atoms with van der Waals surface area (Å²) >= 11 is 7.39. The van der Waals surface area contributed by atoms with Gasteiger partial charge >= 0.3 is 0 Å². The van der Waals surface area contributed by atoms with Crippen molar-refractivity contribution in [1.82, 2.24) is 0 Å². The monoisotopic (exact) mass is 282 g/mol. The van der Waals surface area contributed by atoms with Crippen LogP contribution in [0.4, 0.5) is 0 Å². The number of fused-ring (bicyclic) bond motifs is 1. The Balaban J connectivity index is 2.07. The molecule has 0 saturated heterocycles. The predicted octanol–water partition coefficient (Wildman–Crippen LogP) is 2.92. The van der Waals surface area contributed by atoms with Gasteiger partial charge in [-0.1, -0.05) is 38.3 Å². The Labute approximate surface area is 84.1 Å². The van der Waals surface area contributed by atoms with Crippen LogP contribution >= 0.6 is 31.9 Å². The Bertz CT molecular complexity index is 169. The molecule has 0 aromatic carbocycles. The summed E-state index contributed by atoms with van der Waals surface area (Å²) in [6.07, 6.45) is 4.38. The minimum Gasteiger partial charge on any atom is -0.381 e. The molecule has 2 saturated carbocycles.